The fraction of sp³-hybridized carbons (Fsp3) is 0.286. The maximum absolute atomic E-state index is 11.7. The average Bonchev–Trinajstić information content (AvgIpc) is 2.89. The second-order valence-corrected chi connectivity index (χ2v) is 4.34. The van der Waals surface area contributed by atoms with Crippen LogP contribution in [-0.4, -0.2) is 28.8 Å². The van der Waals surface area contributed by atoms with Crippen molar-refractivity contribution >= 4 is 5.91 Å². The number of hydrogen-bond donors (Lipinski definition) is 2. The average molecular weight is 260 g/mol. The van der Waals surface area contributed by atoms with Crippen molar-refractivity contribution in [3.8, 4) is 11.3 Å². The van der Waals surface area contributed by atoms with Crippen molar-refractivity contribution in [3.63, 3.8) is 0 Å². The van der Waals surface area contributed by atoms with Gasteiger partial charge < -0.3 is 14.9 Å². The summed E-state index contributed by atoms with van der Waals surface area (Å²) in [5.74, 6) is -0.153. The fourth-order valence-electron chi connectivity index (χ4n) is 1.61. The Morgan fingerprint density at radius 3 is 2.84 bits per heavy atom. The summed E-state index contributed by atoms with van der Waals surface area (Å²) in [5.41, 5.74) is 1.52. The summed E-state index contributed by atoms with van der Waals surface area (Å²) < 4.78 is 5.01. The summed E-state index contributed by atoms with van der Waals surface area (Å²) in [7, 11) is 0. The lowest BCUT2D eigenvalue weighted by Crippen LogP contribution is -2.26. The Morgan fingerprint density at radius 2 is 2.16 bits per heavy atom. The van der Waals surface area contributed by atoms with Crippen LogP contribution in [0.4, 0.5) is 0 Å². The van der Waals surface area contributed by atoms with E-state index in [9.17, 15) is 4.79 Å². The van der Waals surface area contributed by atoms with Crippen molar-refractivity contribution in [2.24, 2.45) is 0 Å². The standard InChI is InChI=1S/C14H16N2O3/c1-10(17)7-8-15-14(18)13-9-12(16-19-13)11-5-3-2-4-6-11/h2-6,9-10,17H,7-8H2,1H3,(H,15,18). The first-order chi connectivity index (χ1) is 9.16. The molecule has 5 nitrogen and oxygen atoms in total. The number of amides is 1. The molecule has 2 rings (SSSR count). The van der Waals surface area contributed by atoms with E-state index in [4.69, 9.17) is 9.63 Å². The van der Waals surface area contributed by atoms with Gasteiger partial charge in [0.05, 0.1) is 6.10 Å². The molecule has 1 amide bonds. The molecular weight excluding hydrogens is 244 g/mol. The van der Waals surface area contributed by atoms with E-state index in [1.165, 1.54) is 0 Å². The van der Waals surface area contributed by atoms with Gasteiger partial charge >= 0.3 is 0 Å². The van der Waals surface area contributed by atoms with Crippen molar-refractivity contribution in [3.05, 3.63) is 42.2 Å². The zero-order chi connectivity index (χ0) is 13.7. The van der Waals surface area contributed by atoms with Gasteiger partial charge in [0.15, 0.2) is 0 Å². The van der Waals surface area contributed by atoms with Crippen molar-refractivity contribution in [1.82, 2.24) is 10.5 Å². The molecular formula is C14H16N2O3. The molecule has 0 aliphatic carbocycles. The Hall–Kier alpha value is -2.14. The molecule has 1 aromatic carbocycles. The van der Waals surface area contributed by atoms with E-state index < -0.39 is 6.10 Å². The fourth-order valence-corrected chi connectivity index (χ4v) is 1.61. The molecule has 1 atom stereocenters. The number of aliphatic hydroxyl groups is 1. The summed E-state index contributed by atoms with van der Waals surface area (Å²) in [6.07, 6.45) is 0.0701. The maximum Gasteiger partial charge on any atom is 0.289 e. The minimum atomic E-state index is -0.435. The van der Waals surface area contributed by atoms with Gasteiger partial charge in [-0.3, -0.25) is 4.79 Å². The summed E-state index contributed by atoms with van der Waals surface area (Å²) in [6, 6.07) is 11.1. The smallest absolute Gasteiger partial charge is 0.289 e. The molecule has 1 unspecified atom stereocenters. The monoisotopic (exact) mass is 260 g/mol. The lowest BCUT2D eigenvalue weighted by atomic mass is 10.1. The summed E-state index contributed by atoms with van der Waals surface area (Å²) in [5, 5.41) is 15.6. The largest absolute Gasteiger partial charge is 0.393 e. The van der Waals surface area contributed by atoms with Crippen LogP contribution in [0.25, 0.3) is 11.3 Å². The van der Waals surface area contributed by atoms with Gasteiger partial charge in [-0.15, -0.1) is 0 Å². The van der Waals surface area contributed by atoms with Crippen LogP contribution in [0.5, 0.6) is 0 Å². The number of aromatic nitrogens is 1. The summed E-state index contributed by atoms with van der Waals surface area (Å²) in [6.45, 7) is 2.08. The molecule has 1 aromatic heterocycles. The Morgan fingerprint density at radius 1 is 1.42 bits per heavy atom. The first kappa shape index (κ1) is 13.3. The van der Waals surface area contributed by atoms with E-state index in [-0.39, 0.29) is 11.7 Å². The highest BCUT2D eigenvalue weighted by molar-refractivity contribution is 5.92. The molecule has 5 heteroatoms. The number of aliphatic hydroxyl groups excluding tert-OH is 1. The Labute approximate surface area is 111 Å². The van der Waals surface area contributed by atoms with Crippen LogP contribution < -0.4 is 5.32 Å². The predicted molar refractivity (Wildman–Crippen MR) is 70.6 cm³/mol. The highest BCUT2D eigenvalue weighted by Gasteiger charge is 2.13. The van der Waals surface area contributed by atoms with Crippen LogP contribution in [0, 0.1) is 0 Å². The van der Waals surface area contributed by atoms with E-state index in [1.54, 1.807) is 13.0 Å². The minimum Gasteiger partial charge on any atom is -0.393 e. The van der Waals surface area contributed by atoms with Crippen LogP contribution in [0.1, 0.15) is 23.9 Å². The molecule has 2 N–H and O–H groups in total. The second-order valence-electron chi connectivity index (χ2n) is 4.34. The van der Waals surface area contributed by atoms with Gasteiger partial charge in [-0.2, -0.15) is 0 Å². The van der Waals surface area contributed by atoms with Crippen LogP contribution in [-0.2, 0) is 0 Å². The number of hydrogen-bond acceptors (Lipinski definition) is 4. The predicted octanol–water partition coefficient (Wildman–Crippen LogP) is 1.84. The highest BCUT2D eigenvalue weighted by Crippen LogP contribution is 2.18. The number of benzene rings is 1. The molecule has 0 fully saturated rings. The quantitative estimate of drug-likeness (QED) is 0.860. The first-order valence-electron chi connectivity index (χ1n) is 6.15. The topological polar surface area (TPSA) is 75.4 Å². The normalized spacial score (nSPS) is 12.1. The highest BCUT2D eigenvalue weighted by atomic mass is 16.5. The molecule has 0 saturated carbocycles. The van der Waals surface area contributed by atoms with Gasteiger partial charge in [-0.25, -0.2) is 0 Å². The van der Waals surface area contributed by atoms with Crippen LogP contribution in [0.3, 0.4) is 0 Å². The van der Waals surface area contributed by atoms with E-state index in [0.29, 0.717) is 18.7 Å². The van der Waals surface area contributed by atoms with Gasteiger partial charge in [0.25, 0.3) is 5.91 Å². The molecule has 0 aliphatic rings. The van der Waals surface area contributed by atoms with Crippen molar-refractivity contribution in [2.45, 2.75) is 19.4 Å². The Bertz CT molecular complexity index is 535. The molecule has 19 heavy (non-hydrogen) atoms. The van der Waals surface area contributed by atoms with Crippen LogP contribution >= 0.6 is 0 Å². The SMILES string of the molecule is CC(O)CCNC(=O)c1cc(-c2ccccc2)no1. The van der Waals surface area contributed by atoms with Crippen molar-refractivity contribution < 1.29 is 14.4 Å². The first-order valence-corrected chi connectivity index (χ1v) is 6.15. The molecule has 0 spiro atoms. The number of carbonyl (C=O) groups is 1. The lowest BCUT2D eigenvalue weighted by Gasteiger charge is -2.04. The molecule has 0 saturated heterocycles. The van der Waals surface area contributed by atoms with Gasteiger partial charge in [0.1, 0.15) is 5.69 Å². The second kappa shape index (κ2) is 6.15. The third-order valence-corrected chi connectivity index (χ3v) is 2.65. The van der Waals surface area contributed by atoms with E-state index >= 15 is 0 Å². The van der Waals surface area contributed by atoms with E-state index in [0.717, 1.165) is 5.56 Å². The molecule has 1 heterocycles. The maximum atomic E-state index is 11.7. The zero-order valence-corrected chi connectivity index (χ0v) is 10.7. The van der Waals surface area contributed by atoms with Gasteiger partial charge in [0, 0.05) is 18.2 Å². The zero-order valence-electron chi connectivity index (χ0n) is 10.7. The van der Waals surface area contributed by atoms with Crippen molar-refractivity contribution in [2.75, 3.05) is 6.54 Å². The van der Waals surface area contributed by atoms with Crippen molar-refractivity contribution in [1.29, 1.82) is 0 Å². The van der Waals surface area contributed by atoms with Gasteiger partial charge in [0.2, 0.25) is 5.76 Å². The van der Waals surface area contributed by atoms with Crippen LogP contribution in [0.2, 0.25) is 0 Å². The molecule has 100 valence electrons. The Kier molecular flexibility index (Phi) is 4.30. The minimum absolute atomic E-state index is 0.171. The van der Waals surface area contributed by atoms with Gasteiger partial charge in [-0.05, 0) is 13.3 Å². The number of nitrogens with zero attached hydrogens (tertiary/aromatic N) is 1. The lowest BCUT2D eigenvalue weighted by molar-refractivity contribution is 0.0909. The third kappa shape index (κ3) is 3.66. The number of carbonyl (C=O) groups excluding carboxylic acids is 1. The summed E-state index contributed by atoms with van der Waals surface area (Å²) in [4.78, 5) is 11.7. The summed E-state index contributed by atoms with van der Waals surface area (Å²) >= 11 is 0. The number of nitrogens with one attached hydrogen (secondary N) is 1. The third-order valence-electron chi connectivity index (χ3n) is 2.65. The number of rotatable bonds is 5. The van der Waals surface area contributed by atoms with E-state index in [1.807, 2.05) is 30.3 Å². The Balaban J connectivity index is 1.99. The van der Waals surface area contributed by atoms with Crippen LogP contribution in [0.15, 0.2) is 40.9 Å². The molecule has 0 aliphatic heterocycles. The molecule has 2 aromatic rings. The molecule has 0 radical (unpaired) electrons. The molecule has 0 bridgehead atoms. The van der Waals surface area contributed by atoms with Gasteiger partial charge in [-0.1, -0.05) is 35.5 Å². The van der Waals surface area contributed by atoms with E-state index in [2.05, 4.69) is 10.5 Å².